The van der Waals surface area contributed by atoms with Gasteiger partial charge in [-0.2, -0.15) is 0 Å². The number of terminal acetylenes is 1. The van der Waals surface area contributed by atoms with Crippen LogP contribution in [-0.2, 0) is 13.1 Å². The van der Waals surface area contributed by atoms with Crippen molar-refractivity contribution in [2.75, 3.05) is 26.7 Å². The highest BCUT2D eigenvalue weighted by atomic mass is 16.5. The van der Waals surface area contributed by atoms with E-state index in [1.807, 2.05) is 18.2 Å². The fourth-order valence-electron chi connectivity index (χ4n) is 2.58. The number of nitrogens with zero attached hydrogens (tertiary/aromatic N) is 1. The van der Waals surface area contributed by atoms with Crippen LogP contribution in [0.25, 0.3) is 0 Å². The molecule has 0 bridgehead atoms. The van der Waals surface area contributed by atoms with Gasteiger partial charge in [0.2, 0.25) is 0 Å². The Balaban J connectivity index is 1.65. The van der Waals surface area contributed by atoms with Gasteiger partial charge in [-0.25, -0.2) is 0 Å². The Labute approximate surface area is 145 Å². The highest BCUT2D eigenvalue weighted by Gasteiger charge is 2.03. The standard InChI is InChI=1S/C21H26N2O/c1-3-16-24-21-13-8-7-12-20(21)17-22-14-9-15-23(2)18-19-10-5-4-6-11-19/h1,4-8,10-13,22H,9,14-18H2,2H3. The fraction of sp³-hybridized carbons (Fsp3) is 0.333. The second-order valence-electron chi connectivity index (χ2n) is 5.85. The van der Waals surface area contributed by atoms with Gasteiger partial charge in [0.15, 0.2) is 0 Å². The fourth-order valence-corrected chi connectivity index (χ4v) is 2.58. The van der Waals surface area contributed by atoms with Crippen molar-refractivity contribution in [1.82, 2.24) is 10.2 Å². The van der Waals surface area contributed by atoms with Crippen LogP contribution in [0.2, 0.25) is 0 Å². The Bertz CT molecular complexity index is 634. The summed E-state index contributed by atoms with van der Waals surface area (Å²) < 4.78 is 5.56. The van der Waals surface area contributed by atoms with E-state index in [1.165, 1.54) is 5.56 Å². The molecule has 0 heterocycles. The van der Waals surface area contributed by atoms with E-state index in [0.29, 0.717) is 6.61 Å². The second-order valence-corrected chi connectivity index (χ2v) is 5.85. The minimum atomic E-state index is 0.307. The monoisotopic (exact) mass is 322 g/mol. The maximum Gasteiger partial charge on any atom is 0.148 e. The third-order valence-corrected chi connectivity index (χ3v) is 3.79. The summed E-state index contributed by atoms with van der Waals surface area (Å²) in [6.07, 6.45) is 6.36. The summed E-state index contributed by atoms with van der Waals surface area (Å²) in [4.78, 5) is 2.35. The van der Waals surface area contributed by atoms with Crippen LogP contribution in [-0.4, -0.2) is 31.6 Å². The molecular formula is C21H26N2O. The Hall–Kier alpha value is -2.28. The summed E-state index contributed by atoms with van der Waals surface area (Å²) in [6, 6.07) is 18.6. The predicted octanol–water partition coefficient (Wildman–Crippen LogP) is 3.31. The van der Waals surface area contributed by atoms with E-state index < -0.39 is 0 Å². The average molecular weight is 322 g/mol. The zero-order valence-electron chi connectivity index (χ0n) is 14.4. The molecule has 3 heteroatoms. The molecule has 2 aromatic rings. The lowest BCUT2D eigenvalue weighted by Crippen LogP contribution is -2.23. The molecule has 0 atom stereocenters. The number of hydrogen-bond acceptors (Lipinski definition) is 3. The smallest absolute Gasteiger partial charge is 0.148 e. The Morgan fingerprint density at radius 1 is 1.08 bits per heavy atom. The maximum atomic E-state index is 5.56. The lowest BCUT2D eigenvalue weighted by molar-refractivity contribution is 0.319. The van der Waals surface area contributed by atoms with Gasteiger partial charge in [0.1, 0.15) is 12.4 Å². The molecule has 126 valence electrons. The Morgan fingerprint density at radius 3 is 2.62 bits per heavy atom. The van der Waals surface area contributed by atoms with Crippen molar-refractivity contribution in [2.24, 2.45) is 0 Å². The molecule has 0 aliphatic heterocycles. The van der Waals surface area contributed by atoms with E-state index in [2.05, 4.69) is 59.6 Å². The van der Waals surface area contributed by atoms with Crippen LogP contribution >= 0.6 is 0 Å². The first kappa shape index (κ1) is 18.1. The van der Waals surface area contributed by atoms with Crippen LogP contribution in [0.15, 0.2) is 54.6 Å². The van der Waals surface area contributed by atoms with Crippen LogP contribution in [0.5, 0.6) is 5.75 Å². The molecule has 0 radical (unpaired) electrons. The van der Waals surface area contributed by atoms with E-state index in [1.54, 1.807) is 0 Å². The first-order valence-corrected chi connectivity index (χ1v) is 8.37. The Morgan fingerprint density at radius 2 is 1.83 bits per heavy atom. The summed E-state index contributed by atoms with van der Waals surface area (Å²) in [5.41, 5.74) is 2.50. The molecule has 0 saturated heterocycles. The molecule has 0 saturated carbocycles. The summed E-state index contributed by atoms with van der Waals surface area (Å²) >= 11 is 0. The van der Waals surface area contributed by atoms with E-state index in [9.17, 15) is 0 Å². The predicted molar refractivity (Wildman–Crippen MR) is 99.9 cm³/mol. The minimum Gasteiger partial charge on any atom is -0.481 e. The molecule has 0 aliphatic carbocycles. The van der Waals surface area contributed by atoms with E-state index in [-0.39, 0.29) is 0 Å². The van der Waals surface area contributed by atoms with Crippen LogP contribution in [0.4, 0.5) is 0 Å². The van der Waals surface area contributed by atoms with E-state index in [0.717, 1.165) is 43.9 Å². The van der Waals surface area contributed by atoms with Gasteiger partial charge in [-0.1, -0.05) is 54.5 Å². The molecule has 0 spiro atoms. The van der Waals surface area contributed by atoms with Gasteiger partial charge in [0.05, 0.1) is 0 Å². The number of ether oxygens (including phenoxy) is 1. The zero-order chi connectivity index (χ0) is 17.0. The lowest BCUT2D eigenvalue weighted by Gasteiger charge is -2.17. The number of hydrogen-bond donors (Lipinski definition) is 1. The highest BCUT2D eigenvalue weighted by molar-refractivity contribution is 5.33. The zero-order valence-corrected chi connectivity index (χ0v) is 14.4. The molecule has 2 aromatic carbocycles. The van der Waals surface area contributed by atoms with E-state index >= 15 is 0 Å². The van der Waals surface area contributed by atoms with Crippen LogP contribution in [0, 0.1) is 12.3 Å². The first-order chi connectivity index (χ1) is 11.8. The number of nitrogens with one attached hydrogen (secondary N) is 1. The van der Waals surface area contributed by atoms with Crippen molar-refractivity contribution in [3.8, 4) is 18.1 Å². The molecule has 0 fully saturated rings. The largest absolute Gasteiger partial charge is 0.481 e. The van der Waals surface area contributed by atoms with E-state index in [4.69, 9.17) is 11.2 Å². The van der Waals surface area contributed by atoms with Gasteiger partial charge in [-0.3, -0.25) is 0 Å². The van der Waals surface area contributed by atoms with Gasteiger partial charge in [-0.15, -0.1) is 6.42 Å². The molecule has 24 heavy (non-hydrogen) atoms. The molecule has 1 N–H and O–H groups in total. The quantitative estimate of drug-likeness (QED) is 0.536. The normalized spacial score (nSPS) is 10.5. The maximum absolute atomic E-state index is 5.56. The third-order valence-electron chi connectivity index (χ3n) is 3.79. The molecule has 0 unspecified atom stereocenters. The van der Waals surface area contributed by atoms with Crippen molar-refractivity contribution < 1.29 is 4.74 Å². The van der Waals surface area contributed by atoms with Crippen LogP contribution < -0.4 is 10.1 Å². The molecular weight excluding hydrogens is 296 g/mol. The highest BCUT2D eigenvalue weighted by Crippen LogP contribution is 2.17. The average Bonchev–Trinajstić information content (AvgIpc) is 2.61. The lowest BCUT2D eigenvalue weighted by atomic mass is 10.2. The van der Waals surface area contributed by atoms with Crippen molar-refractivity contribution in [3.05, 3.63) is 65.7 Å². The van der Waals surface area contributed by atoms with Crippen molar-refractivity contribution in [2.45, 2.75) is 19.5 Å². The molecule has 3 nitrogen and oxygen atoms in total. The van der Waals surface area contributed by atoms with Gasteiger partial charge in [0, 0.05) is 18.7 Å². The molecule has 0 aromatic heterocycles. The van der Waals surface area contributed by atoms with Crippen LogP contribution in [0.1, 0.15) is 17.5 Å². The van der Waals surface area contributed by atoms with Gasteiger partial charge >= 0.3 is 0 Å². The SMILES string of the molecule is C#CCOc1ccccc1CNCCCN(C)Cc1ccccc1. The van der Waals surface area contributed by atoms with Crippen molar-refractivity contribution in [3.63, 3.8) is 0 Å². The van der Waals surface area contributed by atoms with Gasteiger partial charge in [0.25, 0.3) is 0 Å². The summed E-state index contributed by atoms with van der Waals surface area (Å²) in [6.45, 7) is 4.13. The third kappa shape index (κ3) is 6.45. The van der Waals surface area contributed by atoms with Crippen LogP contribution in [0.3, 0.4) is 0 Å². The minimum absolute atomic E-state index is 0.307. The first-order valence-electron chi connectivity index (χ1n) is 8.37. The number of rotatable bonds is 10. The van der Waals surface area contributed by atoms with Crippen molar-refractivity contribution >= 4 is 0 Å². The summed E-state index contributed by atoms with van der Waals surface area (Å²) in [5.74, 6) is 3.37. The summed E-state index contributed by atoms with van der Waals surface area (Å²) in [5, 5.41) is 3.48. The second kappa shape index (κ2) is 10.5. The molecule has 0 aliphatic rings. The van der Waals surface area contributed by atoms with Crippen molar-refractivity contribution in [1.29, 1.82) is 0 Å². The number of para-hydroxylation sites is 1. The molecule has 2 rings (SSSR count). The Kier molecular flexibility index (Phi) is 7.89. The van der Waals surface area contributed by atoms with Gasteiger partial charge < -0.3 is 15.0 Å². The number of benzene rings is 2. The molecule has 0 amide bonds. The van der Waals surface area contributed by atoms with Gasteiger partial charge in [-0.05, 0) is 38.2 Å². The summed E-state index contributed by atoms with van der Waals surface area (Å²) in [7, 11) is 2.16. The topological polar surface area (TPSA) is 24.5 Å².